The van der Waals surface area contributed by atoms with Crippen molar-refractivity contribution in [2.75, 3.05) is 13.1 Å². The molecule has 1 heterocycles. The van der Waals surface area contributed by atoms with Gasteiger partial charge in [-0.1, -0.05) is 43.5 Å². The highest BCUT2D eigenvalue weighted by molar-refractivity contribution is 5.80. The monoisotopic (exact) mass is 328 g/mol. The van der Waals surface area contributed by atoms with Crippen LogP contribution in [0.25, 0.3) is 0 Å². The van der Waals surface area contributed by atoms with E-state index in [2.05, 4.69) is 10.2 Å². The van der Waals surface area contributed by atoms with Crippen molar-refractivity contribution >= 4 is 5.91 Å². The van der Waals surface area contributed by atoms with E-state index in [9.17, 15) is 9.90 Å². The Kier molecular flexibility index (Phi) is 4.59. The highest BCUT2D eigenvalue weighted by Gasteiger charge is 2.36. The van der Waals surface area contributed by atoms with Crippen LogP contribution in [-0.2, 0) is 11.2 Å². The zero-order valence-electron chi connectivity index (χ0n) is 14.3. The number of hydrogen-bond donors (Lipinski definition) is 2. The average Bonchev–Trinajstić information content (AvgIpc) is 3.21. The summed E-state index contributed by atoms with van der Waals surface area (Å²) in [5, 5.41) is 13.5. The summed E-state index contributed by atoms with van der Waals surface area (Å²) < 4.78 is 0. The number of nitrogens with zero attached hydrogens (tertiary/aromatic N) is 1. The SMILES string of the molecule is O=C(NC1c2ccccc2CC1O)C1CCN(C2CCCCC2)C1. The van der Waals surface area contributed by atoms with Crippen LogP contribution in [0.3, 0.4) is 0 Å². The quantitative estimate of drug-likeness (QED) is 0.896. The van der Waals surface area contributed by atoms with Crippen molar-refractivity contribution in [3.63, 3.8) is 0 Å². The molecule has 1 amide bonds. The number of hydrogen-bond acceptors (Lipinski definition) is 3. The number of amides is 1. The Morgan fingerprint density at radius 3 is 2.75 bits per heavy atom. The molecule has 0 aromatic heterocycles. The summed E-state index contributed by atoms with van der Waals surface area (Å²) in [6.07, 6.45) is 7.72. The molecule has 0 spiro atoms. The molecular weight excluding hydrogens is 300 g/mol. The van der Waals surface area contributed by atoms with Crippen molar-refractivity contribution in [1.29, 1.82) is 0 Å². The van der Waals surface area contributed by atoms with Crippen molar-refractivity contribution in [2.24, 2.45) is 5.92 Å². The lowest BCUT2D eigenvalue weighted by Gasteiger charge is -2.31. The molecule has 1 aromatic rings. The van der Waals surface area contributed by atoms with Crippen molar-refractivity contribution in [1.82, 2.24) is 10.2 Å². The van der Waals surface area contributed by atoms with E-state index in [4.69, 9.17) is 0 Å². The van der Waals surface area contributed by atoms with Gasteiger partial charge in [-0.15, -0.1) is 0 Å². The van der Waals surface area contributed by atoms with E-state index < -0.39 is 6.10 Å². The lowest BCUT2D eigenvalue weighted by molar-refractivity contribution is -0.126. The smallest absolute Gasteiger partial charge is 0.225 e. The van der Waals surface area contributed by atoms with Crippen molar-refractivity contribution < 1.29 is 9.90 Å². The zero-order chi connectivity index (χ0) is 16.5. The van der Waals surface area contributed by atoms with Crippen LogP contribution >= 0.6 is 0 Å². The second kappa shape index (κ2) is 6.85. The third-order valence-electron chi connectivity index (χ3n) is 6.18. The standard InChI is InChI=1S/C20H28N2O2/c23-18-12-14-6-4-5-9-17(14)19(18)21-20(24)15-10-11-22(13-15)16-7-2-1-3-8-16/h4-6,9,15-16,18-19,23H,1-3,7-8,10-13H2,(H,21,24). The molecule has 2 N–H and O–H groups in total. The minimum atomic E-state index is -0.498. The Hall–Kier alpha value is -1.39. The molecule has 3 unspecified atom stereocenters. The topological polar surface area (TPSA) is 52.6 Å². The lowest BCUT2D eigenvalue weighted by atomic mass is 9.94. The molecule has 3 atom stereocenters. The molecule has 4 nitrogen and oxygen atoms in total. The van der Waals surface area contributed by atoms with E-state index in [0.29, 0.717) is 12.5 Å². The Balaban J connectivity index is 1.37. The summed E-state index contributed by atoms with van der Waals surface area (Å²) in [5.41, 5.74) is 2.24. The number of nitrogens with one attached hydrogen (secondary N) is 1. The van der Waals surface area contributed by atoms with Crippen LogP contribution in [0, 0.1) is 5.92 Å². The van der Waals surface area contributed by atoms with Crippen molar-refractivity contribution in [2.45, 2.75) is 63.1 Å². The number of benzene rings is 1. The number of aliphatic hydroxyl groups excluding tert-OH is 1. The highest BCUT2D eigenvalue weighted by Crippen LogP contribution is 2.32. The summed E-state index contributed by atoms with van der Waals surface area (Å²) in [5.74, 6) is 0.195. The number of carbonyl (C=O) groups is 1. The van der Waals surface area contributed by atoms with E-state index in [1.807, 2.05) is 24.3 Å². The van der Waals surface area contributed by atoms with Gasteiger partial charge in [-0.05, 0) is 36.9 Å². The van der Waals surface area contributed by atoms with Gasteiger partial charge in [0, 0.05) is 19.0 Å². The third-order valence-corrected chi connectivity index (χ3v) is 6.18. The van der Waals surface area contributed by atoms with Crippen LogP contribution in [-0.4, -0.2) is 41.1 Å². The first-order valence-corrected chi connectivity index (χ1v) is 9.52. The number of aliphatic hydroxyl groups is 1. The van der Waals surface area contributed by atoms with Crippen LogP contribution in [0.1, 0.15) is 55.7 Å². The first-order valence-electron chi connectivity index (χ1n) is 9.52. The maximum Gasteiger partial charge on any atom is 0.225 e. The second-order valence-electron chi connectivity index (χ2n) is 7.73. The van der Waals surface area contributed by atoms with Crippen LogP contribution in [0.2, 0.25) is 0 Å². The minimum absolute atomic E-state index is 0.0758. The van der Waals surface area contributed by atoms with Crippen LogP contribution in [0.15, 0.2) is 24.3 Å². The van der Waals surface area contributed by atoms with Gasteiger partial charge < -0.3 is 10.4 Å². The Labute approximate surface area is 144 Å². The summed E-state index contributed by atoms with van der Waals surface area (Å²) in [6.45, 7) is 1.94. The fourth-order valence-electron chi connectivity index (χ4n) is 4.80. The molecular formula is C20H28N2O2. The Bertz CT molecular complexity index is 597. The van der Waals surface area contributed by atoms with Gasteiger partial charge in [0.15, 0.2) is 0 Å². The zero-order valence-corrected chi connectivity index (χ0v) is 14.3. The first kappa shape index (κ1) is 16.1. The molecule has 130 valence electrons. The molecule has 3 aliphatic rings. The highest BCUT2D eigenvalue weighted by atomic mass is 16.3. The van der Waals surface area contributed by atoms with Gasteiger partial charge in [0.2, 0.25) is 5.91 Å². The number of fused-ring (bicyclic) bond motifs is 1. The molecule has 2 aliphatic carbocycles. The average molecular weight is 328 g/mol. The van der Waals surface area contributed by atoms with Gasteiger partial charge in [0.1, 0.15) is 0 Å². The van der Waals surface area contributed by atoms with Crippen LogP contribution < -0.4 is 5.32 Å². The van der Waals surface area contributed by atoms with Gasteiger partial charge in [0.25, 0.3) is 0 Å². The van der Waals surface area contributed by atoms with Gasteiger partial charge in [-0.2, -0.15) is 0 Å². The number of likely N-dealkylation sites (tertiary alicyclic amines) is 1. The second-order valence-corrected chi connectivity index (χ2v) is 7.73. The third kappa shape index (κ3) is 3.09. The largest absolute Gasteiger partial charge is 0.390 e. The van der Waals surface area contributed by atoms with Gasteiger partial charge in [-0.25, -0.2) is 0 Å². The first-order chi connectivity index (χ1) is 11.7. The maximum atomic E-state index is 12.7. The minimum Gasteiger partial charge on any atom is -0.390 e. The van der Waals surface area contributed by atoms with E-state index in [-0.39, 0.29) is 17.9 Å². The molecule has 24 heavy (non-hydrogen) atoms. The molecule has 4 rings (SSSR count). The van der Waals surface area contributed by atoms with E-state index >= 15 is 0 Å². The summed E-state index contributed by atoms with van der Waals surface area (Å²) in [4.78, 5) is 15.3. The summed E-state index contributed by atoms with van der Waals surface area (Å²) in [6, 6.07) is 8.50. The molecule has 1 saturated carbocycles. The van der Waals surface area contributed by atoms with Crippen molar-refractivity contribution in [3.05, 3.63) is 35.4 Å². The van der Waals surface area contributed by atoms with Gasteiger partial charge >= 0.3 is 0 Å². The van der Waals surface area contributed by atoms with E-state index in [1.54, 1.807) is 0 Å². The van der Waals surface area contributed by atoms with Gasteiger partial charge in [0.05, 0.1) is 18.1 Å². The lowest BCUT2D eigenvalue weighted by Crippen LogP contribution is -2.40. The molecule has 0 radical (unpaired) electrons. The number of rotatable bonds is 3. The Morgan fingerprint density at radius 1 is 1.12 bits per heavy atom. The molecule has 0 bridgehead atoms. The van der Waals surface area contributed by atoms with Crippen LogP contribution in [0.5, 0.6) is 0 Å². The summed E-state index contributed by atoms with van der Waals surface area (Å²) >= 11 is 0. The normalized spacial score (nSPS) is 31.1. The maximum absolute atomic E-state index is 12.7. The Morgan fingerprint density at radius 2 is 1.92 bits per heavy atom. The molecule has 1 aromatic carbocycles. The molecule has 1 aliphatic heterocycles. The summed E-state index contributed by atoms with van der Waals surface area (Å²) in [7, 11) is 0. The van der Waals surface area contributed by atoms with Crippen molar-refractivity contribution in [3.8, 4) is 0 Å². The fraction of sp³-hybridized carbons (Fsp3) is 0.650. The predicted octanol–water partition coefficient (Wildman–Crippen LogP) is 2.42. The molecule has 1 saturated heterocycles. The molecule has 4 heteroatoms. The van der Waals surface area contributed by atoms with E-state index in [1.165, 1.54) is 32.1 Å². The number of carbonyl (C=O) groups excluding carboxylic acids is 1. The fourth-order valence-corrected chi connectivity index (χ4v) is 4.80. The van der Waals surface area contributed by atoms with E-state index in [0.717, 1.165) is 30.6 Å². The van der Waals surface area contributed by atoms with Crippen LogP contribution in [0.4, 0.5) is 0 Å². The predicted molar refractivity (Wildman–Crippen MR) is 93.6 cm³/mol. The van der Waals surface area contributed by atoms with Gasteiger partial charge in [-0.3, -0.25) is 9.69 Å². The molecule has 2 fully saturated rings.